The Bertz CT molecular complexity index is 483. The first-order chi connectivity index (χ1) is 9.29. The summed E-state index contributed by atoms with van der Waals surface area (Å²) in [5.41, 5.74) is 2.32. The molecule has 0 aromatic carbocycles. The van der Waals surface area contributed by atoms with Gasteiger partial charge < -0.3 is 10.2 Å². The molecule has 0 aliphatic heterocycles. The number of nitrogens with one attached hydrogen (secondary N) is 1. The van der Waals surface area contributed by atoms with Crippen molar-refractivity contribution in [2.24, 2.45) is 0 Å². The molecule has 1 N–H and O–H groups in total. The Labute approximate surface area is 118 Å². The molecule has 2 aromatic rings. The smallest absolute Gasteiger partial charge is 0.185 e. The maximum Gasteiger partial charge on any atom is 0.185 e. The number of nitrogens with zero attached hydrogens (tertiary/aromatic N) is 3. The fourth-order valence-electron chi connectivity index (χ4n) is 1.78. The van der Waals surface area contributed by atoms with Crippen LogP contribution in [0.5, 0.6) is 0 Å². The summed E-state index contributed by atoms with van der Waals surface area (Å²) >= 11 is 1.69. The van der Waals surface area contributed by atoms with Crippen molar-refractivity contribution in [3.63, 3.8) is 0 Å². The number of rotatable bonds is 7. The fourth-order valence-corrected chi connectivity index (χ4v) is 2.57. The summed E-state index contributed by atoms with van der Waals surface area (Å²) in [6, 6.07) is 4.05. The Kier molecular flexibility index (Phi) is 5.30. The van der Waals surface area contributed by atoms with Gasteiger partial charge in [0.15, 0.2) is 5.13 Å². The fraction of sp³-hybridized carbons (Fsp3) is 0.429. The first-order valence-corrected chi connectivity index (χ1v) is 7.42. The summed E-state index contributed by atoms with van der Waals surface area (Å²) in [6.07, 6.45) is 4.84. The summed E-state index contributed by atoms with van der Waals surface area (Å²) in [4.78, 5) is 10.9. The van der Waals surface area contributed by atoms with Crippen LogP contribution in [0, 0.1) is 0 Å². The van der Waals surface area contributed by atoms with E-state index in [4.69, 9.17) is 0 Å². The van der Waals surface area contributed by atoms with Crippen molar-refractivity contribution in [2.45, 2.75) is 26.4 Å². The molecule has 5 heteroatoms. The third-order valence-electron chi connectivity index (χ3n) is 2.74. The van der Waals surface area contributed by atoms with Crippen LogP contribution >= 0.6 is 11.3 Å². The summed E-state index contributed by atoms with van der Waals surface area (Å²) < 4.78 is 0. The SMILES string of the molecule is CCCNCc1csc(N(C)Cc2cccnc2)n1. The molecule has 2 aromatic heterocycles. The minimum atomic E-state index is 0.836. The Hall–Kier alpha value is -1.46. The number of thiazole rings is 1. The average molecular weight is 276 g/mol. The maximum absolute atomic E-state index is 4.64. The lowest BCUT2D eigenvalue weighted by atomic mass is 10.3. The lowest BCUT2D eigenvalue weighted by Crippen LogP contribution is -2.17. The van der Waals surface area contributed by atoms with Gasteiger partial charge >= 0.3 is 0 Å². The van der Waals surface area contributed by atoms with E-state index < -0.39 is 0 Å². The third kappa shape index (κ3) is 4.29. The molecule has 19 heavy (non-hydrogen) atoms. The largest absolute Gasteiger partial charge is 0.347 e. The Morgan fingerprint density at radius 1 is 1.42 bits per heavy atom. The molecule has 0 spiro atoms. The van der Waals surface area contributed by atoms with Crippen LogP contribution in [-0.4, -0.2) is 23.6 Å². The zero-order chi connectivity index (χ0) is 13.5. The van der Waals surface area contributed by atoms with E-state index in [1.54, 1.807) is 17.5 Å². The van der Waals surface area contributed by atoms with Gasteiger partial charge in [-0.05, 0) is 24.6 Å². The van der Waals surface area contributed by atoms with Crippen molar-refractivity contribution in [1.29, 1.82) is 0 Å². The number of pyridine rings is 1. The van der Waals surface area contributed by atoms with Crippen LogP contribution in [0.25, 0.3) is 0 Å². The van der Waals surface area contributed by atoms with Crippen LogP contribution in [-0.2, 0) is 13.1 Å². The van der Waals surface area contributed by atoms with Gasteiger partial charge in [-0.15, -0.1) is 11.3 Å². The summed E-state index contributed by atoms with van der Waals surface area (Å²) in [5, 5.41) is 6.54. The quantitative estimate of drug-likeness (QED) is 0.789. The number of hydrogen-bond donors (Lipinski definition) is 1. The van der Waals surface area contributed by atoms with Crippen molar-refractivity contribution in [2.75, 3.05) is 18.5 Å². The highest BCUT2D eigenvalue weighted by Gasteiger charge is 2.07. The predicted molar refractivity (Wildman–Crippen MR) is 80.5 cm³/mol. The van der Waals surface area contributed by atoms with Crippen LogP contribution in [0.3, 0.4) is 0 Å². The molecule has 4 nitrogen and oxygen atoms in total. The van der Waals surface area contributed by atoms with Gasteiger partial charge in [0.25, 0.3) is 0 Å². The van der Waals surface area contributed by atoms with Gasteiger partial charge in [0.05, 0.1) is 5.69 Å². The zero-order valence-corrected chi connectivity index (χ0v) is 12.3. The molecule has 0 bridgehead atoms. The molecule has 2 rings (SSSR count). The maximum atomic E-state index is 4.64. The highest BCUT2D eigenvalue weighted by molar-refractivity contribution is 7.13. The lowest BCUT2D eigenvalue weighted by molar-refractivity contribution is 0.666. The van der Waals surface area contributed by atoms with E-state index in [2.05, 4.69) is 45.6 Å². The van der Waals surface area contributed by atoms with Crippen molar-refractivity contribution >= 4 is 16.5 Å². The normalized spacial score (nSPS) is 10.6. The first-order valence-electron chi connectivity index (χ1n) is 6.54. The summed E-state index contributed by atoms with van der Waals surface area (Å²) in [6.45, 7) is 4.90. The van der Waals surface area contributed by atoms with E-state index in [0.29, 0.717) is 0 Å². The van der Waals surface area contributed by atoms with Gasteiger partial charge in [-0.2, -0.15) is 0 Å². The Morgan fingerprint density at radius 2 is 2.32 bits per heavy atom. The highest BCUT2D eigenvalue weighted by Crippen LogP contribution is 2.20. The van der Waals surface area contributed by atoms with Gasteiger partial charge in [0.2, 0.25) is 0 Å². The van der Waals surface area contributed by atoms with Crippen molar-refractivity contribution in [1.82, 2.24) is 15.3 Å². The van der Waals surface area contributed by atoms with E-state index in [9.17, 15) is 0 Å². The molecule has 0 saturated heterocycles. The Balaban J connectivity index is 1.90. The molecule has 0 aliphatic rings. The number of hydrogen-bond acceptors (Lipinski definition) is 5. The van der Waals surface area contributed by atoms with Crippen LogP contribution < -0.4 is 10.2 Å². The van der Waals surface area contributed by atoms with Crippen LogP contribution in [0.15, 0.2) is 29.9 Å². The molecule has 2 heterocycles. The van der Waals surface area contributed by atoms with E-state index in [0.717, 1.165) is 36.9 Å². The first kappa shape index (κ1) is 14.0. The van der Waals surface area contributed by atoms with Crippen LogP contribution in [0.2, 0.25) is 0 Å². The molecule has 102 valence electrons. The molecular weight excluding hydrogens is 256 g/mol. The van der Waals surface area contributed by atoms with Gasteiger partial charge in [-0.25, -0.2) is 4.98 Å². The highest BCUT2D eigenvalue weighted by atomic mass is 32.1. The molecule has 0 radical (unpaired) electrons. The van der Waals surface area contributed by atoms with E-state index in [1.165, 1.54) is 5.56 Å². The van der Waals surface area contributed by atoms with Crippen molar-refractivity contribution < 1.29 is 0 Å². The minimum absolute atomic E-state index is 0.836. The summed E-state index contributed by atoms with van der Waals surface area (Å²) in [7, 11) is 2.06. The molecule has 0 amide bonds. The molecule has 0 fully saturated rings. The lowest BCUT2D eigenvalue weighted by Gasteiger charge is -2.15. The van der Waals surface area contributed by atoms with Gasteiger partial charge in [-0.3, -0.25) is 4.98 Å². The van der Waals surface area contributed by atoms with E-state index in [-0.39, 0.29) is 0 Å². The predicted octanol–water partition coefficient (Wildman–Crippen LogP) is 2.67. The second kappa shape index (κ2) is 7.21. The number of anilines is 1. The molecule has 0 saturated carbocycles. The minimum Gasteiger partial charge on any atom is -0.347 e. The molecule has 0 unspecified atom stereocenters. The number of aromatic nitrogens is 2. The third-order valence-corrected chi connectivity index (χ3v) is 3.75. The zero-order valence-electron chi connectivity index (χ0n) is 11.5. The second-order valence-corrected chi connectivity index (χ2v) is 5.35. The van der Waals surface area contributed by atoms with Crippen molar-refractivity contribution in [3.8, 4) is 0 Å². The van der Waals surface area contributed by atoms with Gasteiger partial charge in [-0.1, -0.05) is 13.0 Å². The molecular formula is C14H20N4S. The summed E-state index contributed by atoms with van der Waals surface area (Å²) in [5.74, 6) is 0. The standard InChI is InChI=1S/C14H20N4S/c1-3-6-15-9-13-11-19-14(17-13)18(2)10-12-5-4-7-16-8-12/h4-5,7-8,11,15H,3,6,9-10H2,1-2H3. The van der Waals surface area contributed by atoms with Gasteiger partial charge in [0.1, 0.15) is 0 Å². The molecule has 0 atom stereocenters. The average Bonchev–Trinajstić information content (AvgIpc) is 2.89. The topological polar surface area (TPSA) is 41.0 Å². The monoisotopic (exact) mass is 276 g/mol. The van der Waals surface area contributed by atoms with Crippen LogP contribution in [0.4, 0.5) is 5.13 Å². The van der Waals surface area contributed by atoms with E-state index in [1.807, 2.05) is 12.3 Å². The second-order valence-electron chi connectivity index (χ2n) is 4.52. The Morgan fingerprint density at radius 3 is 3.05 bits per heavy atom. The van der Waals surface area contributed by atoms with Gasteiger partial charge in [0, 0.05) is 37.9 Å². The van der Waals surface area contributed by atoms with Crippen LogP contribution in [0.1, 0.15) is 24.6 Å². The van der Waals surface area contributed by atoms with E-state index >= 15 is 0 Å². The van der Waals surface area contributed by atoms with Crippen molar-refractivity contribution in [3.05, 3.63) is 41.2 Å². The molecule has 0 aliphatic carbocycles.